The normalized spacial score (nSPS) is 15.1. The van der Waals surface area contributed by atoms with Gasteiger partial charge in [-0.15, -0.1) is 0 Å². The molecule has 0 spiro atoms. The first kappa shape index (κ1) is 11.7. The van der Waals surface area contributed by atoms with Crippen LogP contribution < -0.4 is 5.32 Å². The van der Waals surface area contributed by atoms with Gasteiger partial charge in [-0.3, -0.25) is 4.79 Å². The fraction of sp³-hybridized carbons (Fsp3) is 0.750. The Labute approximate surface area is 85.0 Å². The molecule has 1 rings (SSSR count). The lowest BCUT2D eigenvalue weighted by molar-refractivity contribution is -0.137. The van der Waals surface area contributed by atoms with E-state index in [1.54, 1.807) is 0 Å². The lowest BCUT2D eigenvalue weighted by atomic mass is 10.5. The molecule has 0 radical (unpaired) electrons. The average molecular weight is 222 g/mol. The second-order valence-electron chi connectivity index (χ2n) is 3.33. The molecule has 0 aliphatic heterocycles. The maximum absolute atomic E-state index is 11.8. The number of aliphatic carboxylic acids is 1. The Kier molecular flexibility index (Phi) is 3.81. The third-order valence-electron chi connectivity index (χ3n) is 1.96. The fourth-order valence-electron chi connectivity index (χ4n) is 1.16. The summed E-state index contributed by atoms with van der Waals surface area (Å²) >= 11 is 0. The highest BCUT2D eigenvalue weighted by Gasteiger charge is 2.33. The van der Waals surface area contributed by atoms with Crippen LogP contribution in [0.3, 0.4) is 0 Å². The number of carboxylic acids is 1. The lowest BCUT2D eigenvalue weighted by Gasteiger charge is -2.20. The number of rotatable bonds is 5. The number of hydrogen-bond acceptors (Lipinski definition) is 2. The molecule has 0 aromatic heterocycles. The van der Waals surface area contributed by atoms with Crippen molar-refractivity contribution in [2.24, 2.45) is 0 Å². The minimum Gasteiger partial charge on any atom is -0.480 e. The lowest BCUT2D eigenvalue weighted by Crippen LogP contribution is -2.45. The molecule has 0 atom stereocenters. The van der Waals surface area contributed by atoms with E-state index >= 15 is 0 Å². The average Bonchev–Trinajstić information content (AvgIpc) is 2.93. The Morgan fingerprint density at radius 1 is 1.47 bits per heavy atom. The zero-order valence-electron chi connectivity index (χ0n) is 7.95. The van der Waals surface area contributed by atoms with E-state index in [-0.39, 0.29) is 6.04 Å². The van der Waals surface area contributed by atoms with Gasteiger partial charge in [0.15, 0.2) is 0 Å². The van der Waals surface area contributed by atoms with Gasteiger partial charge < -0.3 is 15.3 Å². The molecule has 7 heteroatoms. The predicted octanol–water partition coefficient (Wildman–Crippen LogP) is 0.510. The highest BCUT2D eigenvalue weighted by Crippen LogP contribution is 2.26. The minimum atomic E-state index is -2.63. The molecule has 86 valence electrons. The molecule has 1 saturated carbocycles. The van der Waals surface area contributed by atoms with Crippen LogP contribution in [0.1, 0.15) is 12.8 Å². The van der Waals surface area contributed by atoms with E-state index in [1.165, 1.54) is 0 Å². The van der Waals surface area contributed by atoms with E-state index in [2.05, 4.69) is 0 Å². The molecule has 0 heterocycles. The maximum Gasteiger partial charge on any atom is 0.323 e. The van der Waals surface area contributed by atoms with Gasteiger partial charge in [-0.2, -0.15) is 0 Å². The Hall–Kier alpha value is -1.40. The molecule has 0 aromatic carbocycles. The molecule has 5 nitrogen and oxygen atoms in total. The van der Waals surface area contributed by atoms with E-state index in [1.807, 2.05) is 5.32 Å². The zero-order chi connectivity index (χ0) is 11.4. The number of alkyl halides is 2. The first-order valence-electron chi connectivity index (χ1n) is 4.55. The molecule has 0 saturated heterocycles. The van der Waals surface area contributed by atoms with Crippen molar-refractivity contribution in [2.45, 2.75) is 25.3 Å². The number of carbonyl (C=O) groups is 2. The van der Waals surface area contributed by atoms with Crippen LogP contribution in [0.5, 0.6) is 0 Å². The minimum absolute atomic E-state index is 0.112. The van der Waals surface area contributed by atoms with E-state index in [4.69, 9.17) is 5.11 Å². The van der Waals surface area contributed by atoms with Crippen LogP contribution in [-0.2, 0) is 4.79 Å². The van der Waals surface area contributed by atoms with Crippen molar-refractivity contribution in [1.82, 2.24) is 10.2 Å². The van der Waals surface area contributed by atoms with Crippen molar-refractivity contribution in [2.75, 3.05) is 13.1 Å². The van der Waals surface area contributed by atoms with Crippen molar-refractivity contribution in [3.63, 3.8) is 0 Å². The first-order valence-corrected chi connectivity index (χ1v) is 4.55. The molecule has 1 fully saturated rings. The summed E-state index contributed by atoms with van der Waals surface area (Å²) in [5.74, 6) is -1.14. The summed E-state index contributed by atoms with van der Waals surface area (Å²) in [4.78, 5) is 22.8. The summed E-state index contributed by atoms with van der Waals surface area (Å²) in [6, 6.07) is -0.848. The predicted molar refractivity (Wildman–Crippen MR) is 46.8 cm³/mol. The number of carbonyl (C=O) groups excluding carboxylic acids is 1. The monoisotopic (exact) mass is 222 g/mol. The Bertz CT molecular complexity index is 256. The molecule has 0 bridgehead atoms. The molecule has 1 aliphatic rings. The van der Waals surface area contributed by atoms with Gasteiger partial charge in [-0.1, -0.05) is 0 Å². The van der Waals surface area contributed by atoms with Gasteiger partial charge in [0.25, 0.3) is 6.43 Å². The van der Waals surface area contributed by atoms with Crippen LogP contribution in [-0.4, -0.2) is 47.6 Å². The number of nitrogens with zero attached hydrogens (tertiary/aromatic N) is 1. The summed E-state index contributed by atoms with van der Waals surface area (Å²) in [6.07, 6.45) is -1.16. The molecule has 0 aromatic rings. The van der Waals surface area contributed by atoms with Gasteiger partial charge in [0.1, 0.15) is 6.54 Å². The molecular weight excluding hydrogens is 210 g/mol. The van der Waals surface area contributed by atoms with E-state index in [9.17, 15) is 18.4 Å². The third kappa shape index (κ3) is 4.09. The summed E-state index contributed by atoms with van der Waals surface area (Å²) in [6.45, 7) is -1.19. The Balaban J connectivity index is 2.40. The highest BCUT2D eigenvalue weighted by atomic mass is 19.3. The topological polar surface area (TPSA) is 69.6 Å². The van der Waals surface area contributed by atoms with Crippen molar-refractivity contribution in [3.05, 3.63) is 0 Å². The van der Waals surface area contributed by atoms with E-state index in [0.29, 0.717) is 0 Å². The van der Waals surface area contributed by atoms with Crippen LogP contribution in [0, 0.1) is 0 Å². The van der Waals surface area contributed by atoms with Gasteiger partial charge in [-0.25, -0.2) is 13.6 Å². The van der Waals surface area contributed by atoms with Crippen LogP contribution in [0.25, 0.3) is 0 Å². The quantitative estimate of drug-likeness (QED) is 0.712. The molecular formula is C8H12F2N2O3. The largest absolute Gasteiger partial charge is 0.480 e. The molecule has 1 aliphatic carbocycles. The highest BCUT2D eigenvalue weighted by molar-refractivity contribution is 5.80. The zero-order valence-corrected chi connectivity index (χ0v) is 7.95. The maximum atomic E-state index is 11.8. The number of hydrogen-bond donors (Lipinski definition) is 2. The molecule has 15 heavy (non-hydrogen) atoms. The first-order chi connectivity index (χ1) is 7.00. The van der Waals surface area contributed by atoms with E-state index in [0.717, 1.165) is 17.7 Å². The van der Waals surface area contributed by atoms with Crippen molar-refractivity contribution in [1.29, 1.82) is 0 Å². The van der Waals surface area contributed by atoms with Gasteiger partial charge in [0.2, 0.25) is 0 Å². The standard InChI is InChI=1S/C8H12F2N2O3/c9-6(10)3-11-8(15)12(4-7(13)14)5-1-2-5/h5-6H,1-4H2,(H,11,15)(H,13,14). The summed E-state index contributed by atoms with van der Waals surface area (Å²) in [5.41, 5.74) is 0. The van der Waals surface area contributed by atoms with Gasteiger partial charge in [0, 0.05) is 6.04 Å². The molecule has 0 unspecified atom stereocenters. The summed E-state index contributed by atoms with van der Waals surface area (Å²) < 4.78 is 23.6. The summed E-state index contributed by atoms with van der Waals surface area (Å²) in [7, 11) is 0. The van der Waals surface area contributed by atoms with Crippen LogP contribution >= 0.6 is 0 Å². The Morgan fingerprint density at radius 2 is 2.07 bits per heavy atom. The number of halogens is 2. The number of carboxylic acid groups (broad SMARTS) is 1. The molecule has 2 amide bonds. The van der Waals surface area contributed by atoms with E-state index < -0.39 is 31.5 Å². The van der Waals surface area contributed by atoms with Crippen LogP contribution in [0.15, 0.2) is 0 Å². The second-order valence-corrected chi connectivity index (χ2v) is 3.33. The SMILES string of the molecule is O=C(O)CN(C(=O)NCC(F)F)C1CC1. The van der Waals surface area contributed by atoms with Gasteiger partial charge in [0.05, 0.1) is 6.54 Å². The van der Waals surface area contributed by atoms with Crippen LogP contribution in [0.2, 0.25) is 0 Å². The third-order valence-corrected chi connectivity index (χ3v) is 1.96. The fourth-order valence-corrected chi connectivity index (χ4v) is 1.16. The van der Waals surface area contributed by atoms with Gasteiger partial charge in [-0.05, 0) is 12.8 Å². The van der Waals surface area contributed by atoms with Crippen molar-refractivity contribution in [3.8, 4) is 0 Å². The smallest absolute Gasteiger partial charge is 0.323 e. The van der Waals surface area contributed by atoms with Gasteiger partial charge >= 0.3 is 12.0 Å². The number of amides is 2. The number of nitrogens with one attached hydrogen (secondary N) is 1. The van der Waals surface area contributed by atoms with Crippen molar-refractivity contribution >= 4 is 12.0 Å². The second kappa shape index (κ2) is 4.90. The summed E-state index contributed by atoms with van der Waals surface area (Å²) in [5, 5.41) is 10.5. The van der Waals surface area contributed by atoms with Crippen LogP contribution in [0.4, 0.5) is 13.6 Å². The van der Waals surface area contributed by atoms with Crippen molar-refractivity contribution < 1.29 is 23.5 Å². The molecule has 2 N–H and O–H groups in total. The number of urea groups is 1. The Morgan fingerprint density at radius 3 is 2.47 bits per heavy atom.